The minimum atomic E-state index is -0.924. The summed E-state index contributed by atoms with van der Waals surface area (Å²) in [6.45, 7) is 5.63. The second kappa shape index (κ2) is 12.9. The molecule has 2 aliphatic rings. The van der Waals surface area contributed by atoms with E-state index >= 15 is 0 Å². The summed E-state index contributed by atoms with van der Waals surface area (Å²) in [4.78, 5) is 25.0. The summed E-state index contributed by atoms with van der Waals surface area (Å²) in [6.07, 6.45) is 3.96. The average Bonchev–Trinajstić information content (AvgIpc) is 3.62. The number of aliphatic imine (C=N–C) groups is 1. The maximum absolute atomic E-state index is 13.1. The normalized spacial score (nSPS) is 17.1. The van der Waals surface area contributed by atoms with Crippen LogP contribution in [0.1, 0.15) is 50.7 Å². The number of nitrogens with zero attached hydrogens (tertiary/aromatic N) is 2. The molecule has 2 aromatic carbocycles. The van der Waals surface area contributed by atoms with Crippen LogP contribution in [-0.4, -0.2) is 47.7 Å². The van der Waals surface area contributed by atoms with Gasteiger partial charge in [0.15, 0.2) is 5.84 Å². The topological polar surface area (TPSA) is 83.4 Å². The summed E-state index contributed by atoms with van der Waals surface area (Å²) in [5.74, 6) is 1.75. The highest BCUT2D eigenvalue weighted by Gasteiger charge is 2.30. The van der Waals surface area contributed by atoms with Crippen LogP contribution in [0.4, 0.5) is 0 Å². The van der Waals surface area contributed by atoms with Crippen molar-refractivity contribution in [1.82, 2.24) is 10.4 Å². The van der Waals surface area contributed by atoms with Gasteiger partial charge >= 0.3 is 0 Å². The fourth-order valence-electron chi connectivity index (χ4n) is 4.28. The number of carbonyl (C=O) groups is 1. The molecule has 0 saturated heterocycles. The SMILES string of the molecule is CCN(CCCC(C)Cc1ccccc1)C(=O)C1N=C(c2cc(Br)c(OCC(O)=C3CC3)c(Br)c2)NO1. The molecule has 2 atom stereocenters. The van der Waals surface area contributed by atoms with Crippen molar-refractivity contribution in [3.8, 4) is 5.75 Å². The smallest absolute Gasteiger partial charge is 0.277 e. The molecule has 1 heterocycles. The molecule has 1 fully saturated rings. The maximum atomic E-state index is 13.1. The summed E-state index contributed by atoms with van der Waals surface area (Å²) in [5.41, 5.74) is 5.93. The van der Waals surface area contributed by atoms with Crippen molar-refractivity contribution in [2.75, 3.05) is 19.7 Å². The molecule has 2 N–H and O–H groups in total. The quantitative estimate of drug-likeness (QED) is 0.267. The standard InChI is InChI=1S/C28H33Br2N3O4/c1-3-33(13-7-8-18(2)14-19-9-5-4-6-10-19)28(35)27-31-26(32-37-27)21-15-22(29)25(23(30)16-21)36-17-24(34)20-11-12-20/h4-6,9-10,15-16,18,27,34H,3,7-8,11-14,17H2,1-2H3,(H,31,32). The molecular formula is C28H33Br2N3O4. The van der Waals surface area contributed by atoms with Crippen molar-refractivity contribution in [2.45, 2.75) is 52.2 Å². The summed E-state index contributed by atoms with van der Waals surface area (Å²) >= 11 is 7.07. The molecule has 0 aromatic heterocycles. The average molecular weight is 635 g/mol. The van der Waals surface area contributed by atoms with Crippen molar-refractivity contribution < 1.29 is 19.5 Å². The first-order valence-electron chi connectivity index (χ1n) is 12.7. The van der Waals surface area contributed by atoms with Crippen molar-refractivity contribution >= 4 is 43.6 Å². The molecule has 0 spiro atoms. The van der Waals surface area contributed by atoms with E-state index in [4.69, 9.17) is 9.57 Å². The molecular weight excluding hydrogens is 602 g/mol. The zero-order valence-electron chi connectivity index (χ0n) is 21.2. The van der Waals surface area contributed by atoms with Gasteiger partial charge in [-0.3, -0.25) is 4.79 Å². The first-order valence-corrected chi connectivity index (χ1v) is 14.3. The fourth-order valence-corrected chi connectivity index (χ4v) is 5.69. The third kappa shape index (κ3) is 7.58. The molecule has 198 valence electrons. The lowest BCUT2D eigenvalue weighted by Crippen LogP contribution is -2.39. The highest BCUT2D eigenvalue weighted by Crippen LogP contribution is 2.36. The van der Waals surface area contributed by atoms with Gasteiger partial charge in [-0.05, 0) is 100 Å². The highest BCUT2D eigenvalue weighted by molar-refractivity contribution is 9.11. The monoisotopic (exact) mass is 633 g/mol. The van der Waals surface area contributed by atoms with Crippen LogP contribution in [0, 0.1) is 5.92 Å². The van der Waals surface area contributed by atoms with Crippen LogP contribution >= 0.6 is 31.9 Å². The number of rotatable bonds is 12. The van der Waals surface area contributed by atoms with Gasteiger partial charge in [0.05, 0.1) is 8.95 Å². The van der Waals surface area contributed by atoms with E-state index in [0.717, 1.165) is 43.2 Å². The molecule has 1 aliphatic heterocycles. The number of hydrogen-bond acceptors (Lipinski definition) is 6. The van der Waals surface area contributed by atoms with E-state index < -0.39 is 6.23 Å². The van der Waals surface area contributed by atoms with Crippen LogP contribution in [0.5, 0.6) is 5.75 Å². The molecule has 7 nitrogen and oxygen atoms in total. The van der Waals surface area contributed by atoms with Crippen molar-refractivity contribution in [2.24, 2.45) is 10.9 Å². The van der Waals surface area contributed by atoms with Crippen molar-refractivity contribution in [1.29, 1.82) is 0 Å². The zero-order valence-corrected chi connectivity index (χ0v) is 24.3. The van der Waals surface area contributed by atoms with E-state index in [1.54, 1.807) is 4.90 Å². The van der Waals surface area contributed by atoms with Crippen LogP contribution in [0.25, 0.3) is 0 Å². The van der Waals surface area contributed by atoms with E-state index in [0.29, 0.717) is 45.3 Å². The second-order valence-electron chi connectivity index (χ2n) is 9.51. The van der Waals surface area contributed by atoms with Crippen molar-refractivity contribution in [3.63, 3.8) is 0 Å². The minimum absolute atomic E-state index is 0.128. The molecule has 0 bridgehead atoms. The number of benzene rings is 2. The number of likely N-dealkylation sites (N-methyl/N-ethyl adjacent to an activating group) is 1. The van der Waals surface area contributed by atoms with Gasteiger partial charge in [0.2, 0.25) is 0 Å². The second-order valence-corrected chi connectivity index (χ2v) is 11.2. The van der Waals surface area contributed by atoms with Gasteiger partial charge in [0.1, 0.15) is 18.1 Å². The predicted octanol–water partition coefficient (Wildman–Crippen LogP) is 6.31. The Morgan fingerprint density at radius 1 is 1.24 bits per heavy atom. The number of ether oxygens (including phenoxy) is 1. The van der Waals surface area contributed by atoms with Gasteiger partial charge in [-0.2, -0.15) is 0 Å². The molecule has 0 radical (unpaired) electrons. The van der Waals surface area contributed by atoms with Gasteiger partial charge in [0, 0.05) is 18.7 Å². The van der Waals surface area contributed by atoms with Gasteiger partial charge in [-0.15, -0.1) is 0 Å². The van der Waals surface area contributed by atoms with Crippen LogP contribution in [0.2, 0.25) is 0 Å². The van der Waals surface area contributed by atoms with E-state index in [1.165, 1.54) is 5.56 Å². The molecule has 1 aliphatic carbocycles. The minimum Gasteiger partial charge on any atom is -0.509 e. The summed E-state index contributed by atoms with van der Waals surface area (Å²) < 4.78 is 7.18. The molecule has 37 heavy (non-hydrogen) atoms. The van der Waals surface area contributed by atoms with Crippen LogP contribution < -0.4 is 10.2 Å². The van der Waals surface area contributed by atoms with E-state index in [1.807, 2.05) is 25.1 Å². The largest absolute Gasteiger partial charge is 0.509 e. The first-order chi connectivity index (χ1) is 17.9. The number of aliphatic hydroxyl groups is 1. The lowest BCUT2D eigenvalue weighted by atomic mass is 9.96. The molecule has 2 unspecified atom stereocenters. The maximum Gasteiger partial charge on any atom is 0.277 e. The van der Waals surface area contributed by atoms with Gasteiger partial charge in [0.25, 0.3) is 12.1 Å². The van der Waals surface area contributed by atoms with Crippen LogP contribution in [-0.2, 0) is 16.1 Å². The number of amidine groups is 1. The van der Waals surface area contributed by atoms with Gasteiger partial charge in [-0.25, -0.2) is 15.3 Å². The van der Waals surface area contributed by atoms with Crippen molar-refractivity contribution in [3.05, 3.63) is 73.9 Å². The van der Waals surface area contributed by atoms with Crippen LogP contribution in [0.15, 0.2) is 67.7 Å². The summed E-state index contributed by atoms with van der Waals surface area (Å²) in [6, 6.07) is 14.2. The number of hydrogen-bond donors (Lipinski definition) is 2. The number of amides is 1. The van der Waals surface area contributed by atoms with E-state index in [2.05, 4.69) is 73.5 Å². The predicted molar refractivity (Wildman–Crippen MR) is 152 cm³/mol. The first kappa shape index (κ1) is 27.7. The molecule has 1 saturated carbocycles. The Morgan fingerprint density at radius 3 is 2.59 bits per heavy atom. The Balaban J connectivity index is 1.32. The van der Waals surface area contributed by atoms with Crippen LogP contribution in [0.3, 0.4) is 0 Å². The summed E-state index contributed by atoms with van der Waals surface area (Å²) in [5, 5.41) is 9.99. The van der Waals surface area contributed by atoms with E-state index in [-0.39, 0.29) is 12.5 Å². The lowest BCUT2D eigenvalue weighted by molar-refractivity contribution is -0.144. The Kier molecular flexibility index (Phi) is 9.67. The molecule has 1 amide bonds. The number of allylic oxidation sites excluding steroid dienone is 1. The molecule has 9 heteroatoms. The Hall–Kier alpha value is -2.36. The van der Waals surface area contributed by atoms with Gasteiger partial charge < -0.3 is 14.7 Å². The summed E-state index contributed by atoms with van der Waals surface area (Å²) in [7, 11) is 0. The van der Waals surface area contributed by atoms with E-state index in [9.17, 15) is 9.90 Å². The Morgan fingerprint density at radius 2 is 1.95 bits per heavy atom. The number of aliphatic hydroxyl groups excluding tert-OH is 1. The lowest BCUT2D eigenvalue weighted by Gasteiger charge is -2.23. The Bertz CT molecular complexity index is 1140. The third-order valence-electron chi connectivity index (χ3n) is 6.50. The zero-order chi connectivity index (χ0) is 26.4. The number of nitrogens with one attached hydrogen (secondary N) is 1. The number of halogens is 2. The molecule has 2 aromatic rings. The number of carbonyl (C=O) groups excluding carboxylic acids is 1. The third-order valence-corrected chi connectivity index (χ3v) is 7.68. The number of hydroxylamine groups is 1. The fraction of sp³-hybridized carbons (Fsp3) is 0.429. The molecule has 4 rings (SSSR count). The Labute approximate surface area is 235 Å². The highest BCUT2D eigenvalue weighted by atomic mass is 79.9. The van der Waals surface area contributed by atoms with Gasteiger partial charge in [-0.1, -0.05) is 37.3 Å².